The van der Waals surface area contributed by atoms with E-state index in [4.69, 9.17) is 9.84 Å². The molecule has 1 N–H and O–H groups in total. The van der Waals surface area contributed by atoms with Crippen molar-refractivity contribution < 1.29 is 14.6 Å². The van der Waals surface area contributed by atoms with Crippen molar-refractivity contribution in [2.24, 2.45) is 0 Å². The highest BCUT2D eigenvalue weighted by Gasteiger charge is 2.05. The molecule has 0 radical (unpaired) electrons. The number of carbonyl (C=O) groups is 1. The number of hydrogen-bond donors (Lipinski definition) is 1. The first-order chi connectivity index (χ1) is 7.11. The maximum absolute atomic E-state index is 10.3. The van der Waals surface area contributed by atoms with Crippen LogP contribution in [0.4, 0.5) is 0 Å². The molecule has 6 heteroatoms. The van der Waals surface area contributed by atoms with Gasteiger partial charge in [-0.2, -0.15) is 4.98 Å². The molecule has 0 aliphatic rings. The van der Waals surface area contributed by atoms with Crippen LogP contribution in [-0.4, -0.2) is 33.4 Å². The highest BCUT2D eigenvalue weighted by atomic mass is 32.2. The van der Waals surface area contributed by atoms with Gasteiger partial charge < -0.3 is 9.84 Å². The predicted octanol–water partition coefficient (Wildman–Crippen LogP) is 1.36. The Hall–Kier alpha value is -1.30. The Balaban J connectivity index is 2.74. The van der Waals surface area contributed by atoms with Crippen LogP contribution in [-0.2, 0) is 4.79 Å². The number of carboxylic acid groups (broad SMARTS) is 1. The van der Waals surface area contributed by atoms with Gasteiger partial charge in [-0.15, -0.1) is 0 Å². The Kier molecular flexibility index (Phi) is 4.36. The summed E-state index contributed by atoms with van der Waals surface area (Å²) in [6, 6.07) is 1.61. The Morgan fingerprint density at radius 2 is 2.33 bits per heavy atom. The van der Waals surface area contributed by atoms with Gasteiger partial charge in [0.1, 0.15) is 0 Å². The average Bonchev–Trinajstić information content (AvgIpc) is 2.14. The highest BCUT2D eigenvalue weighted by Crippen LogP contribution is 2.17. The van der Waals surface area contributed by atoms with Gasteiger partial charge in [-0.25, -0.2) is 9.78 Å². The van der Waals surface area contributed by atoms with Crippen LogP contribution in [0.25, 0.3) is 0 Å². The van der Waals surface area contributed by atoms with Gasteiger partial charge in [0.05, 0.1) is 0 Å². The summed E-state index contributed by atoms with van der Waals surface area (Å²) in [4.78, 5) is 18.5. The molecule has 5 nitrogen and oxygen atoms in total. The third-order valence-corrected chi connectivity index (χ3v) is 2.16. The molecule has 0 aromatic carbocycles. The second kappa shape index (κ2) is 5.55. The fourth-order valence-corrected chi connectivity index (χ4v) is 1.54. The summed E-state index contributed by atoms with van der Waals surface area (Å²) in [7, 11) is 0. The number of rotatable bonds is 5. The van der Waals surface area contributed by atoms with Gasteiger partial charge in [-0.05, 0) is 12.7 Å². The second-order valence-corrected chi connectivity index (χ2v) is 3.98. The summed E-state index contributed by atoms with van der Waals surface area (Å²) in [5.41, 5.74) is 0.765. The van der Waals surface area contributed by atoms with Crippen LogP contribution in [0.1, 0.15) is 12.6 Å². The van der Waals surface area contributed by atoms with Crippen LogP contribution in [0.5, 0.6) is 5.88 Å². The van der Waals surface area contributed by atoms with Crippen molar-refractivity contribution in [3.8, 4) is 5.88 Å². The Morgan fingerprint density at radius 3 is 2.93 bits per heavy atom. The first-order valence-corrected chi connectivity index (χ1v) is 5.43. The minimum absolute atomic E-state index is 0.306. The smallest absolute Gasteiger partial charge is 0.341 e. The molecule has 0 aliphatic heterocycles. The van der Waals surface area contributed by atoms with Crippen molar-refractivity contribution in [3.63, 3.8) is 0 Å². The van der Waals surface area contributed by atoms with Gasteiger partial charge in [0.2, 0.25) is 5.88 Å². The molecule has 0 unspecified atom stereocenters. The summed E-state index contributed by atoms with van der Waals surface area (Å²) in [5.74, 6) is 0.152. The van der Waals surface area contributed by atoms with Crippen molar-refractivity contribution in [2.45, 2.75) is 19.0 Å². The number of aryl methyl sites for hydroxylation is 1. The van der Waals surface area contributed by atoms with E-state index in [1.165, 1.54) is 11.8 Å². The normalized spacial score (nSPS) is 10.0. The predicted molar refractivity (Wildman–Crippen MR) is 56.3 cm³/mol. The lowest BCUT2D eigenvalue weighted by Crippen LogP contribution is -2.10. The SMILES string of the molecule is CCSc1nc(C)cc(OCC(=O)O)n1. The zero-order chi connectivity index (χ0) is 11.3. The van der Waals surface area contributed by atoms with E-state index >= 15 is 0 Å². The molecule has 1 rings (SSSR count). The van der Waals surface area contributed by atoms with Gasteiger partial charge in [0.25, 0.3) is 0 Å². The van der Waals surface area contributed by atoms with Crippen LogP contribution in [0.15, 0.2) is 11.2 Å². The van der Waals surface area contributed by atoms with Gasteiger partial charge in [-0.3, -0.25) is 0 Å². The molecule has 0 saturated heterocycles. The molecule has 0 fully saturated rings. The molecular formula is C9H12N2O3S. The lowest BCUT2D eigenvalue weighted by molar-refractivity contribution is -0.139. The monoisotopic (exact) mass is 228 g/mol. The average molecular weight is 228 g/mol. The third kappa shape index (κ3) is 4.16. The summed E-state index contributed by atoms with van der Waals surface area (Å²) < 4.78 is 4.97. The minimum atomic E-state index is -1.02. The lowest BCUT2D eigenvalue weighted by atomic mass is 10.4. The summed E-state index contributed by atoms with van der Waals surface area (Å²) >= 11 is 1.49. The Morgan fingerprint density at radius 1 is 1.60 bits per heavy atom. The third-order valence-electron chi connectivity index (χ3n) is 1.43. The molecular weight excluding hydrogens is 216 g/mol. The summed E-state index contributed by atoms with van der Waals surface area (Å²) in [6.07, 6.45) is 0. The van der Waals surface area contributed by atoms with Crippen LogP contribution >= 0.6 is 11.8 Å². The maximum atomic E-state index is 10.3. The molecule has 15 heavy (non-hydrogen) atoms. The fourth-order valence-electron chi connectivity index (χ4n) is 0.917. The van der Waals surface area contributed by atoms with Gasteiger partial charge in [0.15, 0.2) is 11.8 Å². The number of hydrogen-bond acceptors (Lipinski definition) is 5. The number of thioether (sulfide) groups is 1. The Bertz CT molecular complexity index is 357. The minimum Gasteiger partial charge on any atom is -0.479 e. The van der Waals surface area contributed by atoms with Gasteiger partial charge in [0, 0.05) is 11.8 Å². The standard InChI is InChI=1S/C9H12N2O3S/c1-3-15-9-10-6(2)4-7(11-9)14-5-8(12)13/h4H,3,5H2,1-2H3,(H,12,13). The highest BCUT2D eigenvalue weighted by molar-refractivity contribution is 7.99. The van der Waals surface area contributed by atoms with Crippen LogP contribution in [0.2, 0.25) is 0 Å². The summed E-state index contributed by atoms with van der Waals surface area (Å²) in [6.45, 7) is 3.43. The van der Waals surface area contributed by atoms with E-state index in [9.17, 15) is 4.79 Å². The number of aliphatic carboxylic acids is 1. The summed E-state index contributed by atoms with van der Waals surface area (Å²) in [5, 5.41) is 9.05. The van der Waals surface area contributed by atoms with E-state index in [1.807, 2.05) is 13.8 Å². The molecule has 1 heterocycles. The van der Waals surface area contributed by atoms with E-state index in [0.717, 1.165) is 11.4 Å². The molecule has 0 atom stereocenters. The zero-order valence-electron chi connectivity index (χ0n) is 8.56. The van der Waals surface area contributed by atoms with Crippen molar-refractivity contribution in [2.75, 3.05) is 12.4 Å². The van der Waals surface area contributed by atoms with Crippen LogP contribution in [0.3, 0.4) is 0 Å². The van der Waals surface area contributed by atoms with E-state index in [-0.39, 0.29) is 6.61 Å². The molecule has 1 aromatic rings. The number of carboxylic acids is 1. The Labute approximate surface area is 91.9 Å². The largest absolute Gasteiger partial charge is 0.479 e. The first-order valence-electron chi connectivity index (χ1n) is 4.45. The van der Waals surface area contributed by atoms with Crippen molar-refractivity contribution in [1.29, 1.82) is 0 Å². The molecule has 0 aliphatic carbocycles. The topological polar surface area (TPSA) is 72.3 Å². The number of aromatic nitrogens is 2. The molecule has 0 amide bonds. The number of nitrogens with zero attached hydrogens (tertiary/aromatic N) is 2. The zero-order valence-corrected chi connectivity index (χ0v) is 9.37. The van der Waals surface area contributed by atoms with Crippen molar-refractivity contribution in [1.82, 2.24) is 9.97 Å². The molecule has 1 aromatic heterocycles. The van der Waals surface area contributed by atoms with Crippen LogP contribution < -0.4 is 4.74 Å². The fraction of sp³-hybridized carbons (Fsp3) is 0.444. The van der Waals surface area contributed by atoms with E-state index < -0.39 is 5.97 Å². The van der Waals surface area contributed by atoms with E-state index in [1.54, 1.807) is 6.07 Å². The molecule has 0 spiro atoms. The molecule has 0 bridgehead atoms. The van der Waals surface area contributed by atoms with Gasteiger partial charge >= 0.3 is 5.97 Å². The maximum Gasteiger partial charge on any atom is 0.341 e. The lowest BCUT2D eigenvalue weighted by Gasteiger charge is -2.04. The number of ether oxygens (including phenoxy) is 1. The molecule has 82 valence electrons. The van der Waals surface area contributed by atoms with Crippen molar-refractivity contribution >= 4 is 17.7 Å². The molecule has 0 saturated carbocycles. The van der Waals surface area contributed by atoms with E-state index in [0.29, 0.717) is 11.0 Å². The first kappa shape index (κ1) is 11.8. The van der Waals surface area contributed by atoms with Crippen molar-refractivity contribution in [3.05, 3.63) is 11.8 Å². The van der Waals surface area contributed by atoms with Crippen LogP contribution in [0, 0.1) is 6.92 Å². The quantitative estimate of drug-likeness (QED) is 0.606. The van der Waals surface area contributed by atoms with Gasteiger partial charge in [-0.1, -0.05) is 18.7 Å². The van der Waals surface area contributed by atoms with E-state index in [2.05, 4.69) is 9.97 Å². The second-order valence-electron chi connectivity index (χ2n) is 2.75.